The monoisotopic (exact) mass is 412 g/mol. The van der Waals surface area contributed by atoms with E-state index in [2.05, 4.69) is 5.10 Å². The van der Waals surface area contributed by atoms with Crippen molar-refractivity contribution in [1.82, 2.24) is 9.78 Å². The zero-order valence-corrected chi connectivity index (χ0v) is 16.6. The molecule has 1 aromatic heterocycles. The van der Waals surface area contributed by atoms with Crippen LogP contribution in [-0.2, 0) is 6.54 Å². The number of nitrogens with zero attached hydrogens (tertiary/aromatic N) is 2. The number of carboxylic acids is 1. The molecule has 7 heteroatoms. The van der Waals surface area contributed by atoms with Crippen molar-refractivity contribution in [3.05, 3.63) is 87.2 Å². The van der Waals surface area contributed by atoms with E-state index in [1.165, 1.54) is 6.07 Å². The maximum Gasteiger partial charge on any atom is 0.341 e. The minimum atomic E-state index is -1.27. The topological polar surface area (TPSA) is 72.2 Å². The Morgan fingerprint density at radius 1 is 1.18 bits per heavy atom. The molecule has 0 saturated heterocycles. The van der Waals surface area contributed by atoms with Crippen LogP contribution in [0.5, 0.6) is 0 Å². The third-order valence-corrected chi connectivity index (χ3v) is 5.04. The zero-order valence-electron chi connectivity index (χ0n) is 15.0. The maximum atomic E-state index is 12.4. The number of thioether (sulfide) groups is 1. The molecule has 0 aliphatic carbocycles. The summed E-state index contributed by atoms with van der Waals surface area (Å²) in [4.78, 5) is 25.0. The van der Waals surface area contributed by atoms with Crippen LogP contribution >= 0.6 is 23.4 Å². The number of allylic oxidation sites excluding steroid dienone is 1. The Balaban J connectivity index is 1.94. The van der Waals surface area contributed by atoms with Gasteiger partial charge >= 0.3 is 5.97 Å². The summed E-state index contributed by atoms with van der Waals surface area (Å²) in [6, 6.07) is 16.1. The standard InChI is InChI=1S/C21H17ClN2O3S/c1-28-17-10-6-15(7-11-17)19-13-18(21(26)27)20(25)24(23-19)12-2-3-14-4-8-16(22)9-5-14/h2-11,13H,12H2,1H3,(H,26,27). The molecule has 0 spiro atoms. The fraction of sp³-hybridized carbons (Fsp3) is 0.0952. The molecule has 0 aliphatic heterocycles. The Kier molecular flexibility index (Phi) is 6.34. The lowest BCUT2D eigenvalue weighted by atomic mass is 10.1. The lowest BCUT2D eigenvalue weighted by Crippen LogP contribution is -2.28. The molecule has 0 unspecified atom stereocenters. The summed E-state index contributed by atoms with van der Waals surface area (Å²) in [5, 5.41) is 14.4. The summed E-state index contributed by atoms with van der Waals surface area (Å²) in [6.45, 7) is 0.151. The van der Waals surface area contributed by atoms with Gasteiger partial charge in [-0.2, -0.15) is 5.10 Å². The zero-order chi connectivity index (χ0) is 20.1. The van der Waals surface area contributed by atoms with E-state index in [1.807, 2.05) is 48.7 Å². The van der Waals surface area contributed by atoms with Crippen LogP contribution < -0.4 is 5.56 Å². The molecular formula is C21H17ClN2O3S. The number of carbonyl (C=O) groups is 1. The van der Waals surface area contributed by atoms with Gasteiger partial charge in [0.25, 0.3) is 5.56 Å². The average molecular weight is 413 g/mol. The second-order valence-corrected chi connectivity index (χ2v) is 7.23. The molecule has 0 fully saturated rings. The van der Waals surface area contributed by atoms with Gasteiger partial charge in [0.05, 0.1) is 12.2 Å². The molecule has 0 aliphatic rings. The predicted molar refractivity (Wildman–Crippen MR) is 113 cm³/mol. The van der Waals surface area contributed by atoms with Crippen molar-refractivity contribution in [3.8, 4) is 11.3 Å². The lowest BCUT2D eigenvalue weighted by Gasteiger charge is -2.08. The number of aromatic nitrogens is 2. The van der Waals surface area contributed by atoms with Crippen molar-refractivity contribution in [2.75, 3.05) is 6.26 Å². The van der Waals surface area contributed by atoms with Gasteiger partial charge in [-0.25, -0.2) is 9.48 Å². The second kappa shape index (κ2) is 8.91. The van der Waals surface area contributed by atoms with Crippen molar-refractivity contribution < 1.29 is 9.90 Å². The van der Waals surface area contributed by atoms with Gasteiger partial charge in [0.1, 0.15) is 5.56 Å². The van der Waals surface area contributed by atoms with E-state index in [4.69, 9.17) is 11.6 Å². The number of benzene rings is 2. The highest BCUT2D eigenvalue weighted by Gasteiger charge is 2.15. The number of halogens is 1. The van der Waals surface area contributed by atoms with Gasteiger partial charge in [-0.05, 0) is 42.2 Å². The van der Waals surface area contributed by atoms with E-state index in [1.54, 1.807) is 30.0 Å². The molecule has 0 bridgehead atoms. The highest BCUT2D eigenvalue weighted by Crippen LogP contribution is 2.21. The van der Waals surface area contributed by atoms with Gasteiger partial charge in [0.15, 0.2) is 0 Å². The van der Waals surface area contributed by atoms with Crippen molar-refractivity contribution in [2.24, 2.45) is 0 Å². The molecule has 1 heterocycles. The number of rotatable bonds is 6. The first-order valence-electron chi connectivity index (χ1n) is 8.40. The predicted octanol–water partition coefficient (Wildman–Crippen LogP) is 4.70. The number of carboxylic acid groups (broad SMARTS) is 1. The van der Waals surface area contributed by atoms with Crippen molar-refractivity contribution in [2.45, 2.75) is 11.4 Å². The fourth-order valence-electron chi connectivity index (χ4n) is 2.58. The van der Waals surface area contributed by atoms with Crippen LogP contribution in [0.4, 0.5) is 0 Å². The molecule has 3 aromatic rings. The largest absolute Gasteiger partial charge is 0.477 e. The van der Waals surface area contributed by atoms with Crippen LogP contribution in [-0.4, -0.2) is 27.1 Å². The first kappa shape index (κ1) is 19.9. The van der Waals surface area contributed by atoms with Crippen LogP contribution in [0.15, 0.2) is 70.4 Å². The van der Waals surface area contributed by atoms with E-state index in [9.17, 15) is 14.7 Å². The highest BCUT2D eigenvalue weighted by atomic mass is 35.5. The Labute approximate surface area is 171 Å². The van der Waals surface area contributed by atoms with Crippen LogP contribution in [0.2, 0.25) is 5.02 Å². The smallest absolute Gasteiger partial charge is 0.341 e. The summed E-state index contributed by atoms with van der Waals surface area (Å²) in [6.07, 6.45) is 5.55. The van der Waals surface area contributed by atoms with Crippen LogP contribution in [0, 0.1) is 0 Å². The molecule has 142 valence electrons. The minimum absolute atomic E-state index is 0.151. The lowest BCUT2D eigenvalue weighted by molar-refractivity contribution is 0.0694. The number of hydrogen-bond donors (Lipinski definition) is 1. The summed E-state index contributed by atoms with van der Waals surface area (Å²) < 4.78 is 1.16. The Hall–Kier alpha value is -2.83. The van der Waals surface area contributed by atoms with Crippen molar-refractivity contribution in [1.29, 1.82) is 0 Å². The SMILES string of the molecule is CSc1ccc(-c2cc(C(=O)O)c(=O)n(CC=Cc3ccc(Cl)cc3)n2)cc1. The normalized spacial score (nSPS) is 11.1. The summed E-state index contributed by atoms with van der Waals surface area (Å²) in [7, 11) is 0. The third kappa shape index (κ3) is 4.71. The Morgan fingerprint density at radius 2 is 1.86 bits per heavy atom. The molecule has 28 heavy (non-hydrogen) atoms. The van der Waals surface area contributed by atoms with Gasteiger partial charge < -0.3 is 5.11 Å². The minimum Gasteiger partial charge on any atom is -0.477 e. The van der Waals surface area contributed by atoms with E-state index < -0.39 is 11.5 Å². The van der Waals surface area contributed by atoms with Crippen LogP contribution in [0.25, 0.3) is 17.3 Å². The van der Waals surface area contributed by atoms with Crippen LogP contribution in [0.3, 0.4) is 0 Å². The molecule has 1 N–H and O–H groups in total. The molecule has 5 nitrogen and oxygen atoms in total. The summed E-state index contributed by atoms with van der Waals surface area (Å²) >= 11 is 7.48. The quantitative estimate of drug-likeness (QED) is 0.594. The van der Waals surface area contributed by atoms with Gasteiger partial charge in [0.2, 0.25) is 0 Å². The van der Waals surface area contributed by atoms with Gasteiger partial charge in [-0.15, -0.1) is 11.8 Å². The van der Waals surface area contributed by atoms with Crippen molar-refractivity contribution >= 4 is 35.4 Å². The molecule has 0 radical (unpaired) electrons. The van der Waals surface area contributed by atoms with E-state index in [0.717, 1.165) is 20.7 Å². The van der Waals surface area contributed by atoms with Gasteiger partial charge in [0, 0.05) is 15.5 Å². The average Bonchev–Trinajstić information content (AvgIpc) is 2.70. The van der Waals surface area contributed by atoms with Crippen molar-refractivity contribution in [3.63, 3.8) is 0 Å². The summed E-state index contributed by atoms with van der Waals surface area (Å²) in [5.74, 6) is -1.27. The third-order valence-electron chi connectivity index (χ3n) is 4.05. The molecule has 0 atom stereocenters. The highest BCUT2D eigenvalue weighted by molar-refractivity contribution is 7.98. The Bertz CT molecular complexity index is 1070. The maximum absolute atomic E-state index is 12.4. The molecule has 2 aromatic carbocycles. The number of hydrogen-bond acceptors (Lipinski definition) is 4. The number of aromatic carboxylic acids is 1. The molecule has 0 saturated carbocycles. The van der Waals surface area contributed by atoms with Crippen LogP contribution in [0.1, 0.15) is 15.9 Å². The van der Waals surface area contributed by atoms with Gasteiger partial charge in [-0.3, -0.25) is 4.79 Å². The molecule has 3 rings (SSSR count). The molecule has 0 amide bonds. The molecular weight excluding hydrogens is 396 g/mol. The van der Waals surface area contributed by atoms with E-state index in [-0.39, 0.29) is 12.1 Å². The van der Waals surface area contributed by atoms with E-state index in [0.29, 0.717) is 10.7 Å². The summed E-state index contributed by atoms with van der Waals surface area (Å²) in [5.41, 5.74) is 1.15. The second-order valence-electron chi connectivity index (χ2n) is 5.92. The first-order chi connectivity index (χ1) is 13.5. The van der Waals surface area contributed by atoms with E-state index >= 15 is 0 Å². The Morgan fingerprint density at radius 3 is 2.46 bits per heavy atom. The first-order valence-corrected chi connectivity index (χ1v) is 10.00. The fourth-order valence-corrected chi connectivity index (χ4v) is 3.12. The van der Waals surface area contributed by atoms with Gasteiger partial charge in [-0.1, -0.05) is 48.0 Å².